The topological polar surface area (TPSA) is 56.6 Å². The molecule has 0 spiro atoms. The highest BCUT2D eigenvalue weighted by molar-refractivity contribution is 7.20. The number of carbonyl (C=O) groups excluding carboxylic acids is 1. The summed E-state index contributed by atoms with van der Waals surface area (Å²) in [4.78, 5) is 17.4. The monoisotopic (exact) mass is 459 g/mol. The number of aryl methyl sites for hydroxylation is 1. The first-order chi connectivity index (χ1) is 16.1. The van der Waals surface area contributed by atoms with Gasteiger partial charge in [-0.25, -0.2) is 4.68 Å². The van der Waals surface area contributed by atoms with Crippen molar-refractivity contribution in [2.45, 2.75) is 32.7 Å². The minimum absolute atomic E-state index is 0.0321. The molecule has 7 heteroatoms. The molecule has 2 aliphatic heterocycles. The Morgan fingerprint density at radius 1 is 1.09 bits per heavy atom. The number of nitrogens with zero attached hydrogens (tertiary/aromatic N) is 3. The molecule has 0 bridgehead atoms. The molecule has 168 valence electrons. The summed E-state index contributed by atoms with van der Waals surface area (Å²) in [5.74, 6) is 1.68. The lowest BCUT2D eigenvalue weighted by molar-refractivity contribution is 0.0682. The standard InChI is InChI=1S/C26H25N3O3S/c1-16-20-15-24(33-26(20)29(27-16)19-7-4-3-5-8-19)25(30)28-10-9-18-13-22-23(14-21(18)17(28)2)32-12-6-11-31-22/h3-5,7-8,13-15,17H,6,9-12H2,1-2H3/t17-/m1/s1. The summed E-state index contributed by atoms with van der Waals surface area (Å²) >= 11 is 1.51. The summed E-state index contributed by atoms with van der Waals surface area (Å²) in [6, 6.07) is 16.2. The molecule has 0 radical (unpaired) electrons. The number of aromatic nitrogens is 2. The van der Waals surface area contributed by atoms with Gasteiger partial charge in [-0.1, -0.05) is 18.2 Å². The van der Waals surface area contributed by atoms with E-state index in [1.807, 2.05) is 52.9 Å². The maximum atomic E-state index is 13.6. The van der Waals surface area contributed by atoms with E-state index in [1.54, 1.807) is 0 Å². The van der Waals surface area contributed by atoms with Gasteiger partial charge in [0.05, 0.1) is 35.5 Å². The average Bonchev–Trinajstić information content (AvgIpc) is 3.31. The van der Waals surface area contributed by atoms with E-state index in [0.717, 1.165) is 56.4 Å². The molecule has 2 aromatic heterocycles. The largest absolute Gasteiger partial charge is 0.490 e. The van der Waals surface area contributed by atoms with E-state index in [2.05, 4.69) is 19.1 Å². The number of amides is 1. The minimum Gasteiger partial charge on any atom is -0.490 e. The number of fused-ring (bicyclic) bond motifs is 3. The third kappa shape index (κ3) is 3.38. The van der Waals surface area contributed by atoms with Crippen LogP contribution in [0.4, 0.5) is 0 Å². The van der Waals surface area contributed by atoms with Gasteiger partial charge in [-0.05, 0) is 61.7 Å². The van der Waals surface area contributed by atoms with Crippen LogP contribution in [0.3, 0.4) is 0 Å². The van der Waals surface area contributed by atoms with E-state index in [1.165, 1.54) is 16.9 Å². The number of para-hydroxylation sites is 1. The zero-order chi connectivity index (χ0) is 22.5. The Bertz CT molecular complexity index is 1360. The van der Waals surface area contributed by atoms with Crippen molar-refractivity contribution in [3.63, 3.8) is 0 Å². The van der Waals surface area contributed by atoms with Crippen molar-refractivity contribution in [3.8, 4) is 17.2 Å². The summed E-state index contributed by atoms with van der Waals surface area (Å²) in [6.07, 6.45) is 1.69. The highest BCUT2D eigenvalue weighted by Gasteiger charge is 2.31. The molecule has 0 aliphatic carbocycles. The predicted octanol–water partition coefficient (Wildman–Crippen LogP) is 5.32. The quantitative estimate of drug-likeness (QED) is 0.407. The minimum atomic E-state index is -0.0321. The van der Waals surface area contributed by atoms with Gasteiger partial charge in [0.2, 0.25) is 0 Å². The van der Waals surface area contributed by atoms with Gasteiger partial charge >= 0.3 is 0 Å². The molecule has 0 saturated carbocycles. The Morgan fingerprint density at radius 2 is 1.85 bits per heavy atom. The molecule has 0 N–H and O–H groups in total. The molecule has 0 saturated heterocycles. The van der Waals surface area contributed by atoms with E-state index in [9.17, 15) is 4.79 Å². The van der Waals surface area contributed by atoms with Gasteiger partial charge in [0.25, 0.3) is 5.91 Å². The van der Waals surface area contributed by atoms with Crippen molar-refractivity contribution in [2.75, 3.05) is 19.8 Å². The summed E-state index contributed by atoms with van der Waals surface area (Å²) in [7, 11) is 0. The number of carbonyl (C=O) groups is 1. The van der Waals surface area contributed by atoms with E-state index in [-0.39, 0.29) is 11.9 Å². The van der Waals surface area contributed by atoms with Gasteiger partial charge in [0.1, 0.15) is 4.83 Å². The molecule has 0 fully saturated rings. The highest BCUT2D eigenvalue weighted by Crippen LogP contribution is 2.40. The van der Waals surface area contributed by atoms with Crippen LogP contribution in [0.5, 0.6) is 11.5 Å². The van der Waals surface area contributed by atoms with Crippen LogP contribution in [0.15, 0.2) is 48.5 Å². The molecule has 1 atom stereocenters. The predicted molar refractivity (Wildman–Crippen MR) is 129 cm³/mol. The third-order valence-corrected chi connectivity index (χ3v) is 7.66. The van der Waals surface area contributed by atoms with E-state index < -0.39 is 0 Å². The average molecular weight is 460 g/mol. The van der Waals surface area contributed by atoms with Crippen molar-refractivity contribution in [1.29, 1.82) is 0 Å². The van der Waals surface area contributed by atoms with Crippen molar-refractivity contribution in [2.24, 2.45) is 0 Å². The zero-order valence-corrected chi connectivity index (χ0v) is 19.5. The molecule has 4 aromatic rings. The lowest BCUT2D eigenvalue weighted by Gasteiger charge is -2.35. The van der Waals surface area contributed by atoms with Gasteiger partial charge in [-0.2, -0.15) is 5.10 Å². The SMILES string of the molecule is Cc1nn(-c2ccccc2)c2sc(C(=O)N3CCc4cc5c(cc4[C@H]3C)OCCCO5)cc12. The van der Waals surface area contributed by atoms with Crippen LogP contribution in [0, 0.1) is 6.92 Å². The maximum absolute atomic E-state index is 13.6. The Morgan fingerprint density at radius 3 is 2.64 bits per heavy atom. The fraction of sp³-hybridized carbons (Fsp3) is 0.308. The summed E-state index contributed by atoms with van der Waals surface area (Å²) < 4.78 is 13.7. The first-order valence-corrected chi connectivity index (χ1v) is 12.2. The fourth-order valence-electron chi connectivity index (χ4n) is 4.79. The Labute approximate surface area is 196 Å². The Hall–Kier alpha value is -3.32. The van der Waals surface area contributed by atoms with E-state index in [0.29, 0.717) is 19.8 Å². The summed E-state index contributed by atoms with van der Waals surface area (Å²) in [5.41, 5.74) is 4.31. The fourth-order valence-corrected chi connectivity index (χ4v) is 5.93. The summed E-state index contributed by atoms with van der Waals surface area (Å²) in [6.45, 7) is 6.12. The van der Waals surface area contributed by atoms with E-state index in [4.69, 9.17) is 14.6 Å². The van der Waals surface area contributed by atoms with Crippen LogP contribution >= 0.6 is 11.3 Å². The first kappa shape index (κ1) is 20.3. The van der Waals surface area contributed by atoms with Crippen LogP contribution in [0.2, 0.25) is 0 Å². The van der Waals surface area contributed by atoms with Gasteiger partial charge in [0.15, 0.2) is 11.5 Å². The van der Waals surface area contributed by atoms with Crippen LogP contribution in [0.1, 0.15) is 45.9 Å². The number of rotatable bonds is 2. The Kier molecular flexibility index (Phi) is 4.87. The molecular weight excluding hydrogens is 434 g/mol. The smallest absolute Gasteiger partial charge is 0.264 e. The second-order valence-electron chi connectivity index (χ2n) is 8.63. The van der Waals surface area contributed by atoms with E-state index >= 15 is 0 Å². The van der Waals surface area contributed by atoms with Crippen LogP contribution in [-0.4, -0.2) is 40.3 Å². The maximum Gasteiger partial charge on any atom is 0.264 e. The first-order valence-electron chi connectivity index (χ1n) is 11.4. The van der Waals surface area contributed by atoms with Crippen molar-refractivity contribution in [3.05, 3.63) is 70.2 Å². The van der Waals surface area contributed by atoms with Gasteiger partial charge in [-0.3, -0.25) is 4.79 Å². The molecule has 2 aromatic carbocycles. The lowest BCUT2D eigenvalue weighted by atomic mass is 9.92. The molecule has 6 nitrogen and oxygen atoms in total. The normalized spacial score (nSPS) is 17.6. The van der Waals surface area contributed by atoms with Crippen molar-refractivity contribution < 1.29 is 14.3 Å². The second-order valence-corrected chi connectivity index (χ2v) is 9.67. The number of hydrogen-bond donors (Lipinski definition) is 0. The molecule has 1 amide bonds. The van der Waals surface area contributed by atoms with Crippen LogP contribution in [0.25, 0.3) is 15.9 Å². The highest BCUT2D eigenvalue weighted by atomic mass is 32.1. The molecule has 33 heavy (non-hydrogen) atoms. The Balaban J connectivity index is 1.34. The molecule has 2 aliphatic rings. The summed E-state index contributed by atoms with van der Waals surface area (Å²) in [5, 5.41) is 5.74. The zero-order valence-electron chi connectivity index (χ0n) is 18.7. The number of hydrogen-bond acceptors (Lipinski definition) is 5. The van der Waals surface area contributed by atoms with Crippen LogP contribution < -0.4 is 9.47 Å². The third-order valence-electron chi connectivity index (χ3n) is 6.57. The molecule has 6 rings (SSSR count). The molecule has 4 heterocycles. The van der Waals surface area contributed by atoms with Crippen LogP contribution in [-0.2, 0) is 6.42 Å². The van der Waals surface area contributed by atoms with Crippen molar-refractivity contribution in [1.82, 2.24) is 14.7 Å². The molecule has 0 unspecified atom stereocenters. The van der Waals surface area contributed by atoms with Crippen molar-refractivity contribution >= 4 is 27.5 Å². The second kappa shape index (κ2) is 7.92. The van der Waals surface area contributed by atoms with Gasteiger partial charge < -0.3 is 14.4 Å². The number of ether oxygens (including phenoxy) is 2. The number of thiophene rings is 1. The molecular formula is C26H25N3O3S. The number of benzene rings is 2. The van der Waals surface area contributed by atoms with Gasteiger partial charge in [-0.15, -0.1) is 11.3 Å². The lowest BCUT2D eigenvalue weighted by Crippen LogP contribution is -2.38. The van der Waals surface area contributed by atoms with Gasteiger partial charge in [0, 0.05) is 18.4 Å².